The number of thiophene rings is 1. The SMILES string of the molecule is CCCNC1CCc2sc(Cl)cc21. The Morgan fingerprint density at radius 3 is 3.31 bits per heavy atom. The van der Waals surface area contributed by atoms with E-state index in [9.17, 15) is 0 Å². The molecule has 0 aliphatic heterocycles. The van der Waals surface area contributed by atoms with Crippen LogP contribution in [0.25, 0.3) is 0 Å². The summed E-state index contributed by atoms with van der Waals surface area (Å²) >= 11 is 7.71. The molecule has 2 rings (SSSR count). The summed E-state index contributed by atoms with van der Waals surface area (Å²) in [6.07, 6.45) is 3.65. The predicted octanol–water partition coefficient (Wildman–Crippen LogP) is 3.39. The molecule has 3 heteroatoms. The number of hydrogen-bond donors (Lipinski definition) is 1. The van der Waals surface area contributed by atoms with Crippen LogP contribution in [0.15, 0.2) is 6.07 Å². The summed E-state index contributed by atoms with van der Waals surface area (Å²) in [7, 11) is 0. The first-order valence-corrected chi connectivity index (χ1v) is 6.02. The lowest BCUT2D eigenvalue weighted by Gasteiger charge is -2.11. The van der Waals surface area contributed by atoms with Crippen molar-refractivity contribution < 1.29 is 0 Å². The van der Waals surface area contributed by atoms with Crippen LogP contribution in [0.3, 0.4) is 0 Å². The fraction of sp³-hybridized carbons (Fsp3) is 0.600. The predicted molar refractivity (Wildman–Crippen MR) is 58.7 cm³/mol. The van der Waals surface area contributed by atoms with Gasteiger partial charge in [-0.3, -0.25) is 0 Å². The fourth-order valence-corrected chi connectivity index (χ4v) is 3.22. The molecule has 1 aliphatic carbocycles. The minimum absolute atomic E-state index is 0.568. The first kappa shape index (κ1) is 9.50. The van der Waals surface area contributed by atoms with Crippen molar-refractivity contribution in [2.45, 2.75) is 32.2 Å². The molecule has 0 fully saturated rings. The quantitative estimate of drug-likeness (QED) is 0.815. The maximum Gasteiger partial charge on any atom is 0.0934 e. The highest BCUT2D eigenvalue weighted by molar-refractivity contribution is 7.16. The van der Waals surface area contributed by atoms with E-state index >= 15 is 0 Å². The molecule has 1 aromatic heterocycles. The van der Waals surface area contributed by atoms with E-state index in [4.69, 9.17) is 11.6 Å². The Labute approximate surface area is 88.1 Å². The van der Waals surface area contributed by atoms with Crippen LogP contribution in [-0.2, 0) is 6.42 Å². The molecule has 0 amide bonds. The van der Waals surface area contributed by atoms with Crippen molar-refractivity contribution in [1.82, 2.24) is 5.32 Å². The number of nitrogens with one attached hydrogen (secondary N) is 1. The van der Waals surface area contributed by atoms with Crippen molar-refractivity contribution in [3.63, 3.8) is 0 Å². The third-order valence-corrected chi connectivity index (χ3v) is 3.83. The van der Waals surface area contributed by atoms with Crippen LogP contribution >= 0.6 is 22.9 Å². The monoisotopic (exact) mass is 215 g/mol. The van der Waals surface area contributed by atoms with E-state index in [1.54, 1.807) is 11.3 Å². The molecule has 0 saturated heterocycles. The summed E-state index contributed by atoms with van der Waals surface area (Å²) in [6, 6.07) is 2.70. The van der Waals surface area contributed by atoms with Gasteiger partial charge in [0.1, 0.15) is 0 Å². The van der Waals surface area contributed by atoms with Crippen molar-refractivity contribution in [3.05, 3.63) is 20.8 Å². The molecule has 1 atom stereocenters. The van der Waals surface area contributed by atoms with Gasteiger partial charge in [0.15, 0.2) is 0 Å². The Morgan fingerprint density at radius 1 is 1.69 bits per heavy atom. The maximum absolute atomic E-state index is 5.97. The van der Waals surface area contributed by atoms with Gasteiger partial charge >= 0.3 is 0 Å². The van der Waals surface area contributed by atoms with Crippen LogP contribution in [0.2, 0.25) is 4.34 Å². The zero-order valence-electron chi connectivity index (χ0n) is 7.77. The van der Waals surface area contributed by atoms with Crippen molar-refractivity contribution in [2.24, 2.45) is 0 Å². The average Bonchev–Trinajstić information content (AvgIpc) is 2.61. The van der Waals surface area contributed by atoms with Gasteiger partial charge < -0.3 is 5.32 Å². The zero-order chi connectivity index (χ0) is 9.26. The van der Waals surface area contributed by atoms with Crippen LogP contribution < -0.4 is 5.32 Å². The van der Waals surface area contributed by atoms with Gasteiger partial charge in [-0.1, -0.05) is 18.5 Å². The van der Waals surface area contributed by atoms with Gasteiger partial charge in [-0.2, -0.15) is 0 Å². The smallest absolute Gasteiger partial charge is 0.0934 e. The largest absolute Gasteiger partial charge is 0.310 e. The highest BCUT2D eigenvalue weighted by Gasteiger charge is 2.23. The van der Waals surface area contributed by atoms with E-state index in [0.717, 1.165) is 10.9 Å². The normalized spacial score (nSPS) is 20.6. The molecule has 0 saturated carbocycles. The van der Waals surface area contributed by atoms with E-state index in [1.165, 1.54) is 29.7 Å². The summed E-state index contributed by atoms with van der Waals surface area (Å²) in [4.78, 5) is 1.48. The highest BCUT2D eigenvalue weighted by Crippen LogP contribution is 2.39. The minimum atomic E-state index is 0.568. The lowest BCUT2D eigenvalue weighted by Crippen LogP contribution is -2.19. The van der Waals surface area contributed by atoms with Crippen LogP contribution in [0.4, 0.5) is 0 Å². The summed E-state index contributed by atoms with van der Waals surface area (Å²) in [6.45, 7) is 3.31. The second-order valence-corrected chi connectivity index (χ2v) is 5.24. The van der Waals surface area contributed by atoms with Crippen molar-refractivity contribution in [2.75, 3.05) is 6.54 Å². The summed E-state index contributed by atoms with van der Waals surface area (Å²) in [5.74, 6) is 0. The molecule has 1 N–H and O–H groups in total. The second kappa shape index (κ2) is 3.99. The van der Waals surface area contributed by atoms with Gasteiger partial charge in [-0.25, -0.2) is 0 Å². The molecule has 1 aliphatic rings. The molecule has 1 unspecified atom stereocenters. The van der Waals surface area contributed by atoms with Crippen LogP contribution in [0.5, 0.6) is 0 Å². The van der Waals surface area contributed by atoms with Crippen molar-refractivity contribution >= 4 is 22.9 Å². The second-order valence-electron chi connectivity index (χ2n) is 3.47. The Morgan fingerprint density at radius 2 is 2.54 bits per heavy atom. The van der Waals surface area contributed by atoms with E-state index in [-0.39, 0.29) is 0 Å². The molecular formula is C10H14ClNS. The van der Waals surface area contributed by atoms with Crippen LogP contribution in [0, 0.1) is 0 Å². The molecule has 0 radical (unpaired) electrons. The number of hydrogen-bond acceptors (Lipinski definition) is 2. The molecule has 72 valence electrons. The first-order chi connectivity index (χ1) is 6.31. The molecule has 13 heavy (non-hydrogen) atoms. The Bertz CT molecular complexity index is 295. The third kappa shape index (κ3) is 1.90. The molecule has 0 bridgehead atoms. The number of fused-ring (bicyclic) bond motifs is 1. The molecule has 1 aromatic rings. The summed E-state index contributed by atoms with van der Waals surface area (Å²) < 4.78 is 0.938. The third-order valence-electron chi connectivity index (χ3n) is 2.49. The van der Waals surface area contributed by atoms with Crippen LogP contribution in [-0.4, -0.2) is 6.54 Å². The van der Waals surface area contributed by atoms with E-state index in [1.807, 2.05) is 0 Å². The van der Waals surface area contributed by atoms with E-state index in [2.05, 4.69) is 18.3 Å². The van der Waals surface area contributed by atoms with Gasteiger partial charge in [0.25, 0.3) is 0 Å². The van der Waals surface area contributed by atoms with Gasteiger partial charge in [-0.05, 0) is 37.4 Å². The van der Waals surface area contributed by atoms with Gasteiger partial charge in [-0.15, -0.1) is 11.3 Å². The fourth-order valence-electron chi connectivity index (χ4n) is 1.86. The number of aryl methyl sites for hydroxylation is 1. The lowest BCUT2D eigenvalue weighted by atomic mass is 10.2. The maximum atomic E-state index is 5.97. The number of halogens is 1. The standard InChI is InChI=1S/C10H14ClNS/c1-2-5-12-8-3-4-9-7(8)6-10(11)13-9/h6,8,12H,2-5H2,1H3. The molecular weight excluding hydrogens is 202 g/mol. The van der Waals surface area contributed by atoms with Gasteiger partial charge in [0.2, 0.25) is 0 Å². The zero-order valence-corrected chi connectivity index (χ0v) is 9.34. The van der Waals surface area contributed by atoms with Crippen molar-refractivity contribution in [3.8, 4) is 0 Å². The first-order valence-electron chi connectivity index (χ1n) is 4.82. The summed E-state index contributed by atoms with van der Waals surface area (Å²) in [5, 5.41) is 3.55. The van der Waals surface area contributed by atoms with Crippen LogP contribution in [0.1, 0.15) is 36.2 Å². The minimum Gasteiger partial charge on any atom is -0.310 e. The van der Waals surface area contributed by atoms with Gasteiger partial charge in [0.05, 0.1) is 4.34 Å². The van der Waals surface area contributed by atoms with E-state index in [0.29, 0.717) is 6.04 Å². The lowest BCUT2D eigenvalue weighted by molar-refractivity contribution is 0.529. The Balaban J connectivity index is 2.08. The van der Waals surface area contributed by atoms with Crippen molar-refractivity contribution in [1.29, 1.82) is 0 Å². The van der Waals surface area contributed by atoms with Gasteiger partial charge in [0, 0.05) is 10.9 Å². The summed E-state index contributed by atoms with van der Waals surface area (Å²) in [5.41, 5.74) is 1.45. The van der Waals surface area contributed by atoms with E-state index < -0.39 is 0 Å². The topological polar surface area (TPSA) is 12.0 Å². The molecule has 1 nitrogen and oxygen atoms in total. The Hall–Kier alpha value is -0.0500. The Kier molecular flexibility index (Phi) is 2.92. The molecule has 1 heterocycles. The molecule has 0 aromatic carbocycles. The average molecular weight is 216 g/mol. The number of rotatable bonds is 3. The molecule has 0 spiro atoms. The highest BCUT2D eigenvalue weighted by atomic mass is 35.5.